The number of nitrogens with zero attached hydrogens (tertiary/aromatic N) is 4. The average molecular weight is 384 g/mol. The van der Waals surface area contributed by atoms with Gasteiger partial charge >= 0.3 is 6.03 Å². The van der Waals surface area contributed by atoms with Gasteiger partial charge < -0.3 is 24.8 Å². The van der Waals surface area contributed by atoms with E-state index in [1.807, 2.05) is 12.3 Å². The van der Waals surface area contributed by atoms with Crippen LogP contribution in [0.1, 0.15) is 17.3 Å². The highest BCUT2D eigenvalue weighted by Crippen LogP contribution is 2.34. The van der Waals surface area contributed by atoms with Gasteiger partial charge in [-0.3, -0.25) is 0 Å². The number of nitriles is 1. The first-order chi connectivity index (χ1) is 13.7. The van der Waals surface area contributed by atoms with Crippen LogP contribution in [0, 0.1) is 11.3 Å². The average Bonchev–Trinajstić information content (AvgIpc) is 3.40. The number of methoxy groups -OCH3 is 1. The van der Waals surface area contributed by atoms with Crippen LogP contribution >= 0.6 is 0 Å². The maximum Gasteiger partial charge on any atom is 0.319 e. The number of carbonyl (C=O) groups is 1. The van der Waals surface area contributed by atoms with E-state index in [4.69, 9.17) is 19.5 Å². The van der Waals surface area contributed by atoms with E-state index in [1.165, 1.54) is 0 Å². The van der Waals surface area contributed by atoms with E-state index >= 15 is 0 Å². The summed E-state index contributed by atoms with van der Waals surface area (Å²) < 4.78 is 18.6. The van der Waals surface area contributed by atoms with E-state index in [2.05, 4.69) is 20.9 Å². The number of fused-ring (bicyclic) bond motifs is 1. The molecule has 3 heterocycles. The van der Waals surface area contributed by atoms with Crippen LogP contribution in [0.5, 0.6) is 0 Å². The molecule has 2 fully saturated rings. The van der Waals surface area contributed by atoms with Crippen molar-refractivity contribution in [2.75, 3.05) is 25.6 Å². The Hall–Kier alpha value is -3.00. The van der Waals surface area contributed by atoms with Gasteiger partial charge in [0.1, 0.15) is 23.9 Å². The standard InChI is InChI=1S/C18H20N6O4/c1-26-8-13-7-24(23-22-13)15-10-28-16-14(9-27-17(15)16)21-18(25)20-12-4-2-3-11(5-12)6-19/h2-5,7,14-17H,8-10H2,1H3,(H2,20,21,25)/t14-,15+,16-,17+/m0/s1. The van der Waals surface area contributed by atoms with E-state index in [0.717, 1.165) is 5.69 Å². The summed E-state index contributed by atoms with van der Waals surface area (Å²) in [7, 11) is 1.60. The lowest BCUT2D eigenvalue weighted by Crippen LogP contribution is -2.45. The van der Waals surface area contributed by atoms with Crippen LogP contribution in [0.3, 0.4) is 0 Å². The molecule has 2 saturated heterocycles. The van der Waals surface area contributed by atoms with Crippen LogP contribution in [-0.2, 0) is 20.8 Å². The van der Waals surface area contributed by atoms with Crippen LogP contribution in [-0.4, -0.2) is 59.6 Å². The van der Waals surface area contributed by atoms with Crippen LogP contribution in [0.2, 0.25) is 0 Å². The normalized spacial score (nSPS) is 25.9. The van der Waals surface area contributed by atoms with Crippen molar-refractivity contribution in [2.45, 2.75) is 30.9 Å². The molecule has 4 atom stereocenters. The minimum absolute atomic E-state index is 0.106. The van der Waals surface area contributed by atoms with E-state index < -0.39 is 0 Å². The third kappa shape index (κ3) is 3.68. The van der Waals surface area contributed by atoms with Crippen molar-refractivity contribution in [3.8, 4) is 6.07 Å². The minimum Gasteiger partial charge on any atom is -0.378 e. The number of ether oxygens (including phenoxy) is 3. The number of hydrogen-bond donors (Lipinski definition) is 2. The lowest BCUT2D eigenvalue weighted by molar-refractivity contribution is 0.0622. The maximum absolute atomic E-state index is 12.3. The molecule has 1 aromatic heterocycles. The van der Waals surface area contributed by atoms with Crippen molar-refractivity contribution < 1.29 is 19.0 Å². The number of rotatable bonds is 5. The Morgan fingerprint density at radius 2 is 2.25 bits per heavy atom. The second-order valence-electron chi connectivity index (χ2n) is 6.68. The van der Waals surface area contributed by atoms with E-state index in [1.54, 1.807) is 36.1 Å². The molecular weight excluding hydrogens is 364 g/mol. The van der Waals surface area contributed by atoms with Gasteiger partial charge in [-0.25, -0.2) is 9.48 Å². The lowest BCUT2D eigenvalue weighted by Gasteiger charge is -2.18. The minimum atomic E-state index is -0.375. The second kappa shape index (κ2) is 7.93. The van der Waals surface area contributed by atoms with Gasteiger partial charge in [0.15, 0.2) is 0 Å². The molecule has 2 amide bonds. The summed E-state index contributed by atoms with van der Waals surface area (Å²) in [6.45, 7) is 1.16. The Kier molecular flexibility index (Phi) is 5.21. The molecule has 10 nitrogen and oxygen atoms in total. The van der Waals surface area contributed by atoms with Gasteiger partial charge in [-0.15, -0.1) is 5.10 Å². The van der Waals surface area contributed by atoms with Crippen molar-refractivity contribution in [3.63, 3.8) is 0 Å². The molecule has 0 bridgehead atoms. The summed E-state index contributed by atoms with van der Waals surface area (Å²) in [5.41, 5.74) is 1.76. The quantitative estimate of drug-likeness (QED) is 0.782. The number of amides is 2. The van der Waals surface area contributed by atoms with Gasteiger partial charge in [-0.2, -0.15) is 5.26 Å². The lowest BCUT2D eigenvalue weighted by atomic mass is 10.1. The molecular formula is C18H20N6O4. The first-order valence-corrected chi connectivity index (χ1v) is 8.88. The fourth-order valence-corrected chi connectivity index (χ4v) is 3.52. The number of nitrogens with one attached hydrogen (secondary N) is 2. The highest BCUT2D eigenvalue weighted by atomic mass is 16.6. The Bertz CT molecular complexity index is 894. The molecule has 0 unspecified atom stereocenters. The Morgan fingerprint density at radius 1 is 1.39 bits per heavy atom. The monoisotopic (exact) mass is 384 g/mol. The molecule has 2 aliphatic rings. The van der Waals surface area contributed by atoms with Crippen LogP contribution in [0.25, 0.3) is 0 Å². The first-order valence-electron chi connectivity index (χ1n) is 8.88. The van der Waals surface area contributed by atoms with Crippen molar-refractivity contribution >= 4 is 11.7 Å². The fourth-order valence-electron chi connectivity index (χ4n) is 3.52. The van der Waals surface area contributed by atoms with Gasteiger partial charge in [0.25, 0.3) is 0 Å². The van der Waals surface area contributed by atoms with E-state index in [9.17, 15) is 4.79 Å². The summed E-state index contributed by atoms with van der Waals surface area (Å²) in [6, 6.07) is 7.99. The summed E-state index contributed by atoms with van der Waals surface area (Å²) in [6.07, 6.45) is 1.33. The van der Waals surface area contributed by atoms with Crippen molar-refractivity contribution in [1.29, 1.82) is 5.26 Å². The number of anilines is 1. The highest BCUT2D eigenvalue weighted by Gasteiger charge is 2.49. The zero-order chi connectivity index (χ0) is 19.5. The predicted molar refractivity (Wildman–Crippen MR) is 96.4 cm³/mol. The number of urea groups is 1. The van der Waals surface area contributed by atoms with Crippen LogP contribution in [0.15, 0.2) is 30.5 Å². The van der Waals surface area contributed by atoms with Crippen LogP contribution < -0.4 is 10.6 Å². The van der Waals surface area contributed by atoms with Crippen LogP contribution in [0.4, 0.5) is 10.5 Å². The third-order valence-electron chi connectivity index (χ3n) is 4.78. The second-order valence-corrected chi connectivity index (χ2v) is 6.68. The molecule has 4 rings (SSSR count). The molecule has 28 heavy (non-hydrogen) atoms. The molecule has 0 saturated carbocycles. The number of carbonyl (C=O) groups excluding carboxylic acids is 1. The van der Waals surface area contributed by atoms with E-state index in [-0.39, 0.29) is 30.3 Å². The van der Waals surface area contributed by atoms with Gasteiger partial charge in [-0.1, -0.05) is 11.3 Å². The molecule has 1 aromatic carbocycles. The molecule has 0 aliphatic carbocycles. The zero-order valence-corrected chi connectivity index (χ0v) is 15.2. The molecule has 2 aromatic rings. The van der Waals surface area contributed by atoms with Crippen molar-refractivity contribution in [2.24, 2.45) is 0 Å². The van der Waals surface area contributed by atoms with Gasteiger partial charge in [0, 0.05) is 12.8 Å². The Morgan fingerprint density at radius 3 is 3.07 bits per heavy atom. The number of aromatic nitrogens is 3. The fraction of sp³-hybridized carbons (Fsp3) is 0.444. The zero-order valence-electron chi connectivity index (χ0n) is 15.2. The SMILES string of the molecule is COCc1cn([C@@H]2CO[C@@H]3[C@@H]2OC[C@@H]3NC(=O)Nc2cccc(C#N)c2)nn1. The van der Waals surface area contributed by atoms with Gasteiger partial charge in [0.05, 0.1) is 43.7 Å². The molecule has 10 heteroatoms. The molecule has 2 aliphatic heterocycles. The molecule has 0 radical (unpaired) electrons. The number of benzene rings is 1. The Labute approximate surface area is 161 Å². The molecule has 146 valence electrons. The summed E-state index contributed by atoms with van der Waals surface area (Å²) >= 11 is 0. The number of hydrogen-bond acceptors (Lipinski definition) is 7. The van der Waals surface area contributed by atoms with Crippen molar-refractivity contribution in [1.82, 2.24) is 20.3 Å². The first kappa shape index (κ1) is 18.4. The molecule has 0 spiro atoms. The third-order valence-corrected chi connectivity index (χ3v) is 4.78. The van der Waals surface area contributed by atoms with E-state index in [0.29, 0.717) is 31.1 Å². The summed E-state index contributed by atoms with van der Waals surface area (Å²) in [5.74, 6) is 0. The maximum atomic E-state index is 12.3. The largest absolute Gasteiger partial charge is 0.378 e. The molecule has 2 N–H and O–H groups in total. The van der Waals surface area contributed by atoms with Crippen molar-refractivity contribution in [3.05, 3.63) is 41.7 Å². The summed E-state index contributed by atoms with van der Waals surface area (Å²) in [4.78, 5) is 12.3. The highest BCUT2D eigenvalue weighted by molar-refractivity contribution is 5.89. The van der Waals surface area contributed by atoms with Gasteiger partial charge in [-0.05, 0) is 18.2 Å². The Balaban J connectivity index is 1.36. The van der Waals surface area contributed by atoms with Gasteiger partial charge in [0.2, 0.25) is 0 Å². The predicted octanol–water partition coefficient (Wildman–Crippen LogP) is 0.825. The smallest absolute Gasteiger partial charge is 0.319 e. The topological polar surface area (TPSA) is 123 Å². The summed E-state index contributed by atoms with van der Waals surface area (Å²) in [5, 5.41) is 22.8.